The summed E-state index contributed by atoms with van der Waals surface area (Å²) in [6.07, 6.45) is 1.58. The van der Waals surface area contributed by atoms with E-state index in [9.17, 15) is 14.4 Å². The lowest BCUT2D eigenvalue weighted by Gasteiger charge is -2.35. The van der Waals surface area contributed by atoms with Crippen molar-refractivity contribution in [2.24, 2.45) is 11.8 Å². The molecular formula is C21H32N4O3. The van der Waals surface area contributed by atoms with Crippen LogP contribution in [0.4, 0.5) is 16.2 Å². The van der Waals surface area contributed by atoms with Crippen molar-refractivity contribution >= 4 is 29.2 Å². The number of piperidine rings is 1. The summed E-state index contributed by atoms with van der Waals surface area (Å²) in [5.74, 6) is -0.511. The quantitative estimate of drug-likeness (QED) is 0.784. The molecule has 0 saturated carbocycles. The van der Waals surface area contributed by atoms with E-state index in [4.69, 9.17) is 0 Å². The Morgan fingerprint density at radius 2 is 1.79 bits per heavy atom. The van der Waals surface area contributed by atoms with Crippen LogP contribution < -0.4 is 10.6 Å². The average Bonchev–Trinajstić information content (AvgIpc) is 2.69. The number of carbonyl (C=O) groups is 3. The third-order valence-electron chi connectivity index (χ3n) is 5.02. The van der Waals surface area contributed by atoms with Crippen LogP contribution in [0.25, 0.3) is 0 Å². The van der Waals surface area contributed by atoms with Gasteiger partial charge >= 0.3 is 6.03 Å². The van der Waals surface area contributed by atoms with Gasteiger partial charge in [-0.2, -0.15) is 0 Å². The van der Waals surface area contributed by atoms with Crippen molar-refractivity contribution in [3.05, 3.63) is 24.3 Å². The van der Waals surface area contributed by atoms with Gasteiger partial charge in [0.1, 0.15) is 0 Å². The number of likely N-dealkylation sites (tertiary alicyclic amines) is 1. The van der Waals surface area contributed by atoms with Crippen LogP contribution in [0.15, 0.2) is 24.3 Å². The van der Waals surface area contributed by atoms with E-state index in [1.165, 1.54) is 0 Å². The third-order valence-corrected chi connectivity index (χ3v) is 5.02. The predicted molar refractivity (Wildman–Crippen MR) is 111 cm³/mol. The number of urea groups is 1. The Hall–Kier alpha value is -2.57. The monoisotopic (exact) mass is 388 g/mol. The molecule has 1 aromatic rings. The second kappa shape index (κ2) is 10.1. The van der Waals surface area contributed by atoms with E-state index in [-0.39, 0.29) is 29.7 Å². The molecule has 7 nitrogen and oxygen atoms in total. The van der Waals surface area contributed by atoms with E-state index in [1.54, 1.807) is 34.1 Å². The highest BCUT2D eigenvalue weighted by Crippen LogP contribution is 2.21. The van der Waals surface area contributed by atoms with Crippen molar-refractivity contribution in [3.8, 4) is 0 Å². The average molecular weight is 389 g/mol. The number of rotatable bonds is 6. The Bertz CT molecular complexity index is 701. The van der Waals surface area contributed by atoms with Crippen molar-refractivity contribution < 1.29 is 14.4 Å². The molecule has 1 aromatic carbocycles. The maximum atomic E-state index is 12.7. The molecular weight excluding hydrogens is 356 g/mol. The maximum absolute atomic E-state index is 12.7. The lowest BCUT2D eigenvalue weighted by molar-refractivity contribution is -0.121. The predicted octanol–water partition coefficient (Wildman–Crippen LogP) is 3.39. The van der Waals surface area contributed by atoms with Gasteiger partial charge in [-0.3, -0.25) is 9.59 Å². The molecule has 1 aliphatic heterocycles. The molecule has 1 fully saturated rings. The van der Waals surface area contributed by atoms with Gasteiger partial charge in [-0.1, -0.05) is 19.9 Å². The van der Waals surface area contributed by atoms with E-state index in [0.717, 1.165) is 12.8 Å². The second-order valence-corrected chi connectivity index (χ2v) is 7.45. The molecule has 1 aliphatic rings. The first-order chi connectivity index (χ1) is 13.3. The summed E-state index contributed by atoms with van der Waals surface area (Å²) in [4.78, 5) is 40.7. The number of hydrogen-bond donors (Lipinski definition) is 2. The van der Waals surface area contributed by atoms with Crippen molar-refractivity contribution in [1.29, 1.82) is 0 Å². The number of benzene rings is 1. The fourth-order valence-corrected chi connectivity index (χ4v) is 3.26. The number of amides is 4. The van der Waals surface area contributed by atoms with Gasteiger partial charge in [-0.25, -0.2) is 4.79 Å². The van der Waals surface area contributed by atoms with Crippen molar-refractivity contribution in [2.75, 3.05) is 36.8 Å². The SMILES string of the molecule is CCN(CC)C(=O)N1CCC[C@@H](C(=O)Nc2cccc(NC(=O)C(C)C)c2)C1. The zero-order valence-corrected chi connectivity index (χ0v) is 17.3. The van der Waals surface area contributed by atoms with Crippen LogP contribution in [0.1, 0.15) is 40.5 Å². The minimum absolute atomic E-state index is 0.000829. The Balaban J connectivity index is 1.98. The van der Waals surface area contributed by atoms with Crippen LogP contribution in [0.5, 0.6) is 0 Å². The minimum atomic E-state index is -0.234. The first kappa shape index (κ1) is 21.7. The van der Waals surface area contributed by atoms with E-state index in [0.29, 0.717) is 37.6 Å². The van der Waals surface area contributed by atoms with Gasteiger partial charge in [0.15, 0.2) is 0 Å². The van der Waals surface area contributed by atoms with Crippen LogP contribution in [-0.2, 0) is 9.59 Å². The molecule has 0 radical (unpaired) electrons. The maximum Gasteiger partial charge on any atom is 0.320 e. The van der Waals surface area contributed by atoms with Gasteiger partial charge in [0.2, 0.25) is 11.8 Å². The van der Waals surface area contributed by atoms with Crippen LogP contribution >= 0.6 is 0 Å². The molecule has 1 saturated heterocycles. The molecule has 1 heterocycles. The van der Waals surface area contributed by atoms with E-state index < -0.39 is 0 Å². The Morgan fingerprint density at radius 1 is 1.14 bits per heavy atom. The summed E-state index contributed by atoms with van der Waals surface area (Å²) in [5.41, 5.74) is 1.29. The molecule has 2 rings (SSSR count). The van der Waals surface area contributed by atoms with Gasteiger partial charge < -0.3 is 20.4 Å². The van der Waals surface area contributed by atoms with Crippen molar-refractivity contribution in [2.45, 2.75) is 40.5 Å². The van der Waals surface area contributed by atoms with Crippen LogP contribution in [0.2, 0.25) is 0 Å². The molecule has 0 spiro atoms. The number of anilines is 2. The fraction of sp³-hybridized carbons (Fsp3) is 0.571. The standard InChI is InChI=1S/C21H32N4O3/c1-5-24(6-2)21(28)25-12-8-9-16(14-25)20(27)23-18-11-7-10-17(13-18)22-19(26)15(3)4/h7,10-11,13,15-16H,5-6,8-9,12,14H2,1-4H3,(H,22,26)(H,23,27)/t16-/m1/s1. The minimum Gasteiger partial charge on any atom is -0.326 e. The molecule has 4 amide bonds. The van der Waals surface area contributed by atoms with Gasteiger partial charge in [0.05, 0.1) is 5.92 Å². The summed E-state index contributed by atoms with van der Waals surface area (Å²) in [6.45, 7) is 10.0. The summed E-state index contributed by atoms with van der Waals surface area (Å²) < 4.78 is 0. The largest absolute Gasteiger partial charge is 0.326 e. The normalized spacial score (nSPS) is 16.6. The highest BCUT2D eigenvalue weighted by molar-refractivity contribution is 5.95. The number of hydrogen-bond acceptors (Lipinski definition) is 3. The van der Waals surface area contributed by atoms with E-state index >= 15 is 0 Å². The zero-order valence-electron chi connectivity index (χ0n) is 17.3. The summed E-state index contributed by atoms with van der Waals surface area (Å²) in [5, 5.41) is 5.76. The fourth-order valence-electron chi connectivity index (χ4n) is 3.26. The van der Waals surface area contributed by atoms with Crippen molar-refractivity contribution in [3.63, 3.8) is 0 Å². The smallest absolute Gasteiger partial charge is 0.320 e. The molecule has 0 bridgehead atoms. The van der Waals surface area contributed by atoms with Gasteiger partial charge in [-0.15, -0.1) is 0 Å². The number of carbonyl (C=O) groups excluding carboxylic acids is 3. The summed E-state index contributed by atoms with van der Waals surface area (Å²) >= 11 is 0. The molecule has 0 aromatic heterocycles. The highest BCUT2D eigenvalue weighted by atomic mass is 16.2. The molecule has 2 N–H and O–H groups in total. The first-order valence-electron chi connectivity index (χ1n) is 10.1. The van der Waals surface area contributed by atoms with E-state index in [2.05, 4.69) is 10.6 Å². The number of nitrogens with zero attached hydrogens (tertiary/aromatic N) is 2. The van der Waals surface area contributed by atoms with Crippen LogP contribution in [0, 0.1) is 11.8 Å². The number of nitrogens with one attached hydrogen (secondary N) is 2. The Kier molecular flexibility index (Phi) is 7.84. The second-order valence-electron chi connectivity index (χ2n) is 7.45. The summed E-state index contributed by atoms with van der Waals surface area (Å²) in [7, 11) is 0. The third kappa shape index (κ3) is 5.71. The van der Waals surface area contributed by atoms with Crippen LogP contribution in [0.3, 0.4) is 0 Å². The zero-order chi connectivity index (χ0) is 20.7. The van der Waals surface area contributed by atoms with Crippen LogP contribution in [-0.4, -0.2) is 53.8 Å². The molecule has 28 heavy (non-hydrogen) atoms. The molecule has 154 valence electrons. The lowest BCUT2D eigenvalue weighted by Crippen LogP contribution is -2.49. The molecule has 7 heteroatoms. The molecule has 0 unspecified atom stereocenters. The Labute approximate surface area is 167 Å². The van der Waals surface area contributed by atoms with Crippen molar-refractivity contribution in [1.82, 2.24) is 9.80 Å². The lowest BCUT2D eigenvalue weighted by atomic mass is 9.97. The van der Waals surface area contributed by atoms with Gasteiger partial charge in [0, 0.05) is 43.5 Å². The summed E-state index contributed by atoms with van der Waals surface area (Å²) in [6, 6.07) is 7.13. The van der Waals surface area contributed by atoms with Gasteiger partial charge in [0.25, 0.3) is 0 Å². The highest BCUT2D eigenvalue weighted by Gasteiger charge is 2.30. The molecule has 1 atom stereocenters. The molecule has 0 aliphatic carbocycles. The first-order valence-corrected chi connectivity index (χ1v) is 10.1. The topological polar surface area (TPSA) is 81.8 Å². The van der Waals surface area contributed by atoms with Gasteiger partial charge in [-0.05, 0) is 44.9 Å². The van der Waals surface area contributed by atoms with E-state index in [1.807, 2.05) is 27.7 Å². The Morgan fingerprint density at radius 3 is 2.39 bits per heavy atom.